The number of aryl methyl sites for hydroxylation is 2. The van der Waals surface area contributed by atoms with Gasteiger partial charge in [-0.05, 0) is 91.1 Å². The van der Waals surface area contributed by atoms with Crippen molar-refractivity contribution in [3.05, 3.63) is 68.4 Å². The average molecular weight is 551 g/mol. The fraction of sp³-hybridized carbons (Fsp3) is 0.304. The van der Waals surface area contributed by atoms with Gasteiger partial charge in [0.05, 0.1) is 17.5 Å². The van der Waals surface area contributed by atoms with E-state index in [-0.39, 0.29) is 23.6 Å². The quantitative estimate of drug-likeness (QED) is 0.359. The minimum Gasteiger partial charge on any atom is -0.342 e. The van der Waals surface area contributed by atoms with Crippen molar-refractivity contribution < 1.29 is 9.59 Å². The average Bonchev–Trinajstić information content (AvgIpc) is 3.19. The summed E-state index contributed by atoms with van der Waals surface area (Å²) in [6.07, 6.45) is 0. The molecule has 0 unspecified atom stereocenters. The van der Waals surface area contributed by atoms with Crippen LogP contribution in [0.3, 0.4) is 0 Å². The number of rotatable bonds is 8. The SMILES string of the molecule is CCn1c(SCC(=O)Nc2cc(C)c(C)cc2Br)nnc1[C@H](C)NC(=O)c1ccc(Cl)cc1. The van der Waals surface area contributed by atoms with Gasteiger partial charge in [0.25, 0.3) is 5.91 Å². The highest BCUT2D eigenvalue weighted by atomic mass is 79.9. The molecular weight excluding hydrogens is 526 g/mol. The maximum Gasteiger partial charge on any atom is 0.251 e. The van der Waals surface area contributed by atoms with Crippen LogP contribution in [0.25, 0.3) is 0 Å². The van der Waals surface area contributed by atoms with Crippen LogP contribution in [0.4, 0.5) is 5.69 Å². The van der Waals surface area contributed by atoms with Crippen LogP contribution in [0.1, 0.15) is 47.2 Å². The summed E-state index contributed by atoms with van der Waals surface area (Å²) < 4.78 is 2.74. The van der Waals surface area contributed by atoms with Gasteiger partial charge in [0, 0.05) is 21.6 Å². The Morgan fingerprint density at radius 1 is 1.15 bits per heavy atom. The van der Waals surface area contributed by atoms with Gasteiger partial charge in [0.15, 0.2) is 11.0 Å². The van der Waals surface area contributed by atoms with E-state index in [9.17, 15) is 9.59 Å². The van der Waals surface area contributed by atoms with E-state index in [0.29, 0.717) is 28.1 Å². The van der Waals surface area contributed by atoms with Crippen molar-refractivity contribution in [2.24, 2.45) is 0 Å². The fourth-order valence-electron chi connectivity index (χ4n) is 3.16. The van der Waals surface area contributed by atoms with Crippen LogP contribution in [0.2, 0.25) is 5.02 Å². The molecule has 33 heavy (non-hydrogen) atoms. The number of nitrogens with zero attached hydrogens (tertiary/aromatic N) is 3. The van der Waals surface area contributed by atoms with Crippen LogP contribution in [0.5, 0.6) is 0 Å². The van der Waals surface area contributed by atoms with Gasteiger partial charge in [-0.15, -0.1) is 10.2 Å². The molecule has 0 saturated heterocycles. The van der Waals surface area contributed by atoms with E-state index >= 15 is 0 Å². The summed E-state index contributed by atoms with van der Waals surface area (Å²) in [5, 5.41) is 15.6. The molecule has 10 heteroatoms. The number of thioether (sulfide) groups is 1. The minimum absolute atomic E-state index is 0.139. The third-order valence-corrected chi connectivity index (χ3v) is 6.97. The first-order chi connectivity index (χ1) is 15.7. The lowest BCUT2D eigenvalue weighted by Crippen LogP contribution is -2.28. The van der Waals surface area contributed by atoms with E-state index in [0.717, 1.165) is 21.3 Å². The first-order valence-electron chi connectivity index (χ1n) is 10.4. The summed E-state index contributed by atoms with van der Waals surface area (Å²) in [5.41, 5.74) is 3.50. The van der Waals surface area contributed by atoms with Crippen molar-refractivity contribution in [2.75, 3.05) is 11.1 Å². The second-order valence-electron chi connectivity index (χ2n) is 7.54. The Bertz CT molecular complexity index is 1170. The molecule has 1 heterocycles. The monoisotopic (exact) mass is 549 g/mol. The van der Waals surface area contributed by atoms with Gasteiger partial charge in [0.1, 0.15) is 0 Å². The maximum absolute atomic E-state index is 12.5. The molecule has 0 aliphatic carbocycles. The molecule has 0 spiro atoms. The lowest BCUT2D eigenvalue weighted by atomic mass is 10.1. The Balaban J connectivity index is 1.64. The Hall–Kier alpha value is -2.36. The Labute approximate surface area is 210 Å². The Kier molecular flexibility index (Phi) is 8.56. The first kappa shape index (κ1) is 25.3. The molecule has 0 aliphatic heterocycles. The van der Waals surface area contributed by atoms with Crippen LogP contribution in [-0.2, 0) is 11.3 Å². The number of carbonyl (C=O) groups is 2. The van der Waals surface area contributed by atoms with Crippen molar-refractivity contribution in [3.8, 4) is 0 Å². The Morgan fingerprint density at radius 3 is 2.48 bits per heavy atom. The van der Waals surface area contributed by atoms with E-state index < -0.39 is 0 Å². The van der Waals surface area contributed by atoms with Crippen molar-refractivity contribution in [1.82, 2.24) is 20.1 Å². The predicted molar refractivity (Wildman–Crippen MR) is 136 cm³/mol. The van der Waals surface area contributed by atoms with E-state index in [1.54, 1.807) is 24.3 Å². The van der Waals surface area contributed by atoms with Gasteiger partial charge < -0.3 is 15.2 Å². The number of carbonyl (C=O) groups excluding carboxylic acids is 2. The molecule has 0 saturated carbocycles. The summed E-state index contributed by atoms with van der Waals surface area (Å²) in [6.45, 7) is 8.45. The molecular formula is C23H25BrClN5O2S. The van der Waals surface area contributed by atoms with Gasteiger partial charge in [-0.1, -0.05) is 23.4 Å². The number of amides is 2. The Morgan fingerprint density at radius 2 is 1.82 bits per heavy atom. The van der Waals surface area contributed by atoms with Gasteiger partial charge in [-0.3, -0.25) is 9.59 Å². The zero-order chi connectivity index (χ0) is 24.1. The third kappa shape index (κ3) is 6.37. The fourth-order valence-corrected chi connectivity index (χ4v) is 4.66. The molecule has 0 aliphatic rings. The third-order valence-electron chi connectivity index (χ3n) is 5.09. The highest BCUT2D eigenvalue weighted by Crippen LogP contribution is 2.27. The van der Waals surface area contributed by atoms with Gasteiger partial charge in [-0.25, -0.2) is 0 Å². The molecule has 3 aromatic rings. The molecule has 1 atom stereocenters. The molecule has 0 fully saturated rings. The second kappa shape index (κ2) is 11.2. The largest absolute Gasteiger partial charge is 0.342 e. The number of benzene rings is 2. The highest BCUT2D eigenvalue weighted by Gasteiger charge is 2.20. The number of hydrogen-bond acceptors (Lipinski definition) is 5. The maximum atomic E-state index is 12.5. The topological polar surface area (TPSA) is 88.9 Å². The van der Waals surface area contributed by atoms with Gasteiger partial charge >= 0.3 is 0 Å². The van der Waals surface area contributed by atoms with Gasteiger partial charge in [-0.2, -0.15) is 0 Å². The molecule has 2 N–H and O–H groups in total. The van der Waals surface area contributed by atoms with Crippen LogP contribution in [0, 0.1) is 13.8 Å². The lowest BCUT2D eigenvalue weighted by molar-refractivity contribution is -0.113. The molecule has 0 radical (unpaired) electrons. The van der Waals surface area contributed by atoms with E-state index in [4.69, 9.17) is 11.6 Å². The van der Waals surface area contributed by atoms with Crippen LogP contribution < -0.4 is 10.6 Å². The zero-order valence-corrected chi connectivity index (χ0v) is 21.9. The minimum atomic E-state index is -0.365. The first-order valence-corrected chi connectivity index (χ1v) is 12.5. The summed E-state index contributed by atoms with van der Waals surface area (Å²) in [7, 11) is 0. The van der Waals surface area contributed by atoms with E-state index in [1.807, 2.05) is 44.4 Å². The second-order valence-corrected chi connectivity index (χ2v) is 9.77. The lowest BCUT2D eigenvalue weighted by Gasteiger charge is -2.15. The van der Waals surface area contributed by atoms with Crippen LogP contribution >= 0.6 is 39.3 Å². The molecule has 3 rings (SSSR count). The van der Waals surface area contributed by atoms with Crippen LogP contribution in [0.15, 0.2) is 46.0 Å². The number of aromatic nitrogens is 3. The van der Waals surface area contributed by atoms with Crippen molar-refractivity contribution in [3.63, 3.8) is 0 Å². The molecule has 2 aromatic carbocycles. The summed E-state index contributed by atoms with van der Waals surface area (Å²) in [6, 6.07) is 10.2. The normalized spacial score (nSPS) is 11.8. The number of hydrogen-bond donors (Lipinski definition) is 2. The summed E-state index contributed by atoms with van der Waals surface area (Å²) in [4.78, 5) is 25.1. The molecule has 1 aromatic heterocycles. The number of anilines is 1. The molecule has 0 bridgehead atoms. The van der Waals surface area contributed by atoms with E-state index in [1.165, 1.54) is 11.8 Å². The zero-order valence-electron chi connectivity index (χ0n) is 18.8. The summed E-state index contributed by atoms with van der Waals surface area (Å²) >= 11 is 10.7. The van der Waals surface area contributed by atoms with Gasteiger partial charge in [0.2, 0.25) is 5.91 Å². The standard InChI is InChI=1S/C23H25BrClN5O2S/c1-5-30-21(15(4)26-22(32)16-6-8-17(25)9-7-16)28-29-23(30)33-12-20(31)27-19-11-14(3)13(2)10-18(19)24/h6-11,15H,5,12H2,1-4H3,(H,26,32)(H,27,31)/t15-/m0/s1. The van der Waals surface area contributed by atoms with E-state index in [2.05, 4.69) is 36.8 Å². The highest BCUT2D eigenvalue weighted by molar-refractivity contribution is 9.10. The number of halogens is 2. The molecule has 2 amide bonds. The number of nitrogens with one attached hydrogen (secondary N) is 2. The van der Waals surface area contributed by atoms with Crippen molar-refractivity contribution >= 4 is 56.8 Å². The van der Waals surface area contributed by atoms with Crippen molar-refractivity contribution in [1.29, 1.82) is 0 Å². The predicted octanol–water partition coefficient (Wildman–Crippen LogP) is 5.55. The summed E-state index contributed by atoms with van der Waals surface area (Å²) in [5.74, 6) is 0.445. The molecule has 174 valence electrons. The smallest absolute Gasteiger partial charge is 0.251 e. The molecule has 7 nitrogen and oxygen atoms in total. The van der Waals surface area contributed by atoms with Crippen LogP contribution in [-0.4, -0.2) is 32.3 Å². The van der Waals surface area contributed by atoms with Crippen molar-refractivity contribution in [2.45, 2.75) is 45.4 Å².